The van der Waals surface area contributed by atoms with Gasteiger partial charge in [0.25, 0.3) is 0 Å². The Hall–Kier alpha value is -0.470. The van der Waals surface area contributed by atoms with E-state index in [4.69, 9.17) is 72.1 Å². The molecule has 2 unspecified atom stereocenters. The van der Waals surface area contributed by atoms with Crippen molar-refractivity contribution >= 4 is 48.7 Å². The number of alkyl carbamates (subject to hydrolysis) is 1. The number of nitrogens with one attached hydrogen (secondary N) is 1. The van der Waals surface area contributed by atoms with E-state index in [-0.39, 0.29) is 32.5 Å². The number of methoxy groups -OCH3 is 2. The summed E-state index contributed by atoms with van der Waals surface area (Å²) in [5.74, 6) is 0. The van der Waals surface area contributed by atoms with E-state index in [0.717, 1.165) is 32.1 Å². The third-order valence-corrected chi connectivity index (χ3v) is 8.07. The molecule has 0 radical (unpaired) electrons. The summed E-state index contributed by atoms with van der Waals surface area (Å²) in [6.07, 6.45) is 3.47. The van der Waals surface area contributed by atoms with Crippen LogP contribution in [0.25, 0.3) is 0 Å². The predicted octanol–water partition coefficient (Wildman–Crippen LogP) is 5.86. The van der Waals surface area contributed by atoms with Crippen LogP contribution in [0.2, 0.25) is 0 Å². The zero-order valence-corrected chi connectivity index (χ0v) is 28.3. The Balaban J connectivity index is 3.24. The van der Waals surface area contributed by atoms with E-state index in [0.29, 0.717) is 6.42 Å². The number of aliphatic hydroxyl groups is 1. The van der Waals surface area contributed by atoms with Crippen molar-refractivity contribution in [1.82, 2.24) is 5.32 Å². The van der Waals surface area contributed by atoms with Gasteiger partial charge in [-0.1, -0.05) is 86.0 Å². The molecule has 1 amide bonds. The normalized spacial score (nSPS) is 23.5. The summed E-state index contributed by atoms with van der Waals surface area (Å²) in [5, 5.41) is 13.4. The summed E-state index contributed by atoms with van der Waals surface area (Å²) in [6.45, 7) is 8.40. The van der Waals surface area contributed by atoms with Gasteiger partial charge in [-0.25, -0.2) is 9.36 Å². The molecule has 0 saturated carbocycles. The molecule has 43 heavy (non-hydrogen) atoms. The van der Waals surface area contributed by atoms with Crippen LogP contribution >= 0.6 is 42.6 Å². The molecule has 1 heterocycles. The smallest absolute Gasteiger partial charge is 0.445 e. The Kier molecular flexibility index (Phi) is 20.9. The van der Waals surface area contributed by atoms with Gasteiger partial charge in [-0.2, -0.15) is 0 Å². The molecule has 12 nitrogen and oxygen atoms in total. The first-order chi connectivity index (χ1) is 20.4. The Bertz CT molecular complexity index is 835. The second-order valence-electron chi connectivity index (χ2n) is 9.75. The van der Waals surface area contributed by atoms with Crippen LogP contribution in [-0.4, -0.2) is 99.0 Å². The van der Waals surface area contributed by atoms with Gasteiger partial charge in [0.1, 0.15) is 31.0 Å². The lowest BCUT2D eigenvalue weighted by atomic mass is 9.96. The molecule has 16 heteroatoms. The molecular formula is C27H47Cl3NO11P. The fourth-order valence-corrected chi connectivity index (χ4v) is 5.74. The third-order valence-electron chi connectivity index (χ3n) is 6.31. The number of rotatable bonds is 23. The lowest BCUT2D eigenvalue weighted by Gasteiger charge is -2.44. The second-order valence-corrected chi connectivity index (χ2v) is 13.9. The second kappa shape index (κ2) is 22.1. The maximum absolute atomic E-state index is 13.6. The molecule has 1 aliphatic rings. The Morgan fingerprint density at radius 3 is 2.28 bits per heavy atom. The lowest BCUT2D eigenvalue weighted by molar-refractivity contribution is -0.260. The average Bonchev–Trinajstić information content (AvgIpc) is 2.96. The van der Waals surface area contributed by atoms with E-state index in [9.17, 15) is 14.5 Å². The fraction of sp³-hybridized carbons (Fsp3) is 0.815. The van der Waals surface area contributed by atoms with Crippen LogP contribution in [0.5, 0.6) is 0 Å². The predicted molar refractivity (Wildman–Crippen MR) is 165 cm³/mol. The highest BCUT2D eigenvalue weighted by molar-refractivity contribution is 7.48. The number of ether oxygens (including phenoxy) is 5. The molecule has 1 saturated heterocycles. The number of carbonyl (C=O) groups excluding carboxylic acids is 1. The molecule has 0 bridgehead atoms. The number of amides is 1. The first-order valence-corrected chi connectivity index (χ1v) is 16.8. The zero-order chi connectivity index (χ0) is 32.3. The van der Waals surface area contributed by atoms with Crippen LogP contribution in [0.1, 0.15) is 51.9 Å². The third kappa shape index (κ3) is 16.6. The van der Waals surface area contributed by atoms with Crippen molar-refractivity contribution in [2.75, 3.05) is 47.3 Å². The van der Waals surface area contributed by atoms with Gasteiger partial charge < -0.3 is 34.1 Å². The van der Waals surface area contributed by atoms with Crippen molar-refractivity contribution in [3.8, 4) is 0 Å². The number of hydrogen-bond acceptors (Lipinski definition) is 11. The molecule has 0 aromatic rings. The highest BCUT2D eigenvalue weighted by Crippen LogP contribution is 2.52. The van der Waals surface area contributed by atoms with Gasteiger partial charge in [0.15, 0.2) is 6.29 Å². The van der Waals surface area contributed by atoms with Crippen molar-refractivity contribution in [3.05, 3.63) is 25.3 Å². The summed E-state index contributed by atoms with van der Waals surface area (Å²) < 4.78 is 56.1. The summed E-state index contributed by atoms with van der Waals surface area (Å²) in [6, 6.07) is -1.29. The maximum atomic E-state index is 13.6. The topological polar surface area (TPSA) is 140 Å². The van der Waals surface area contributed by atoms with Crippen LogP contribution in [0.3, 0.4) is 0 Å². The number of halogens is 3. The molecule has 0 aromatic carbocycles. The van der Waals surface area contributed by atoms with Gasteiger partial charge in [-0.15, -0.1) is 13.2 Å². The van der Waals surface area contributed by atoms with Crippen LogP contribution in [0, 0.1) is 0 Å². The summed E-state index contributed by atoms with van der Waals surface area (Å²) in [5.41, 5.74) is 0. The quantitative estimate of drug-likeness (QED) is 0.0574. The first-order valence-electron chi connectivity index (χ1n) is 14.2. The Morgan fingerprint density at radius 1 is 1.07 bits per heavy atom. The first kappa shape index (κ1) is 40.6. The maximum Gasteiger partial charge on any atom is 0.475 e. The molecule has 2 N–H and O–H groups in total. The van der Waals surface area contributed by atoms with Crippen LogP contribution < -0.4 is 5.32 Å². The van der Waals surface area contributed by atoms with Crippen molar-refractivity contribution in [1.29, 1.82) is 0 Å². The molecule has 6 atom stereocenters. The summed E-state index contributed by atoms with van der Waals surface area (Å²) in [7, 11) is -1.24. The van der Waals surface area contributed by atoms with Crippen molar-refractivity contribution < 1.29 is 51.7 Å². The SMILES string of the molecule is C=CCOP(=O)(OCC=C)O[C@@H]1C(COC)OC(O)[C@H](NC(=O)OCC(Cl)(Cl)Cl)[C@H]1OCC[C@@H](CCCCCCC)OC. The lowest BCUT2D eigenvalue weighted by Crippen LogP contribution is -2.65. The number of carbonyl (C=O) groups is 1. The minimum Gasteiger partial charge on any atom is -0.445 e. The molecule has 1 rings (SSSR count). The van der Waals surface area contributed by atoms with Gasteiger partial charge in [0.2, 0.25) is 3.79 Å². The van der Waals surface area contributed by atoms with Gasteiger partial charge >= 0.3 is 13.9 Å². The standard InChI is InChI=1S/C27H47Cl3NO11P/c1-6-9-10-11-12-13-20(36-5)14-17-37-24-22(31-26(33)38-19-27(28,29)30)25(32)41-21(18-35-4)23(24)42-43(34,39-15-7-2)40-16-8-3/h7-8,20-25,32H,2-3,6,9-19H2,1,4-5H3,(H,31,33)/t20-,21?,22-,23-,24-,25?/m1/s1. The van der Waals surface area contributed by atoms with E-state index in [1.165, 1.54) is 25.7 Å². The number of unbranched alkanes of at least 4 members (excludes halogenated alkanes) is 4. The van der Waals surface area contributed by atoms with Crippen molar-refractivity contribution in [3.63, 3.8) is 0 Å². The Labute approximate surface area is 270 Å². The van der Waals surface area contributed by atoms with Gasteiger partial charge in [-0.3, -0.25) is 13.6 Å². The van der Waals surface area contributed by atoms with E-state index in [1.54, 1.807) is 7.11 Å². The molecule has 1 aliphatic heterocycles. The molecular weight excluding hydrogens is 652 g/mol. The number of phosphoric ester groups is 1. The summed E-state index contributed by atoms with van der Waals surface area (Å²) >= 11 is 17.1. The zero-order valence-electron chi connectivity index (χ0n) is 25.1. The minimum atomic E-state index is -4.28. The van der Waals surface area contributed by atoms with Crippen molar-refractivity contribution in [2.24, 2.45) is 0 Å². The van der Waals surface area contributed by atoms with Crippen LogP contribution in [-0.2, 0) is 41.8 Å². The number of alkyl halides is 3. The van der Waals surface area contributed by atoms with E-state index in [2.05, 4.69) is 25.4 Å². The van der Waals surface area contributed by atoms with E-state index < -0.39 is 55.0 Å². The number of hydrogen-bond donors (Lipinski definition) is 2. The highest BCUT2D eigenvalue weighted by atomic mass is 35.6. The molecule has 1 fully saturated rings. The summed E-state index contributed by atoms with van der Waals surface area (Å²) in [4.78, 5) is 12.6. The molecule has 0 aromatic heterocycles. The molecule has 0 aliphatic carbocycles. The minimum absolute atomic E-state index is 0.0980. The fourth-order valence-electron chi connectivity index (χ4n) is 4.25. The average molecular weight is 699 g/mol. The number of aliphatic hydroxyl groups excluding tert-OH is 1. The van der Waals surface area contributed by atoms with E-state index >= 15 is 0 Å². The molecule has 252 valence electrons. The van der Waals surface area contributed by atoms with E-state index in [1.807, 2.05) is 0 Å². The van der Waals surface area contributed by atoms with Gasteiger partial charge in [0.05, 0.1) is 25.9 Å². The largest absolute Gasteiger partial charge is 0.475 e. The van der Waals surface area contributed by atoms with Crippen molar-refractivity contribution in [2.45, 2.75) is 92.4 Å². The highest BCUT2D eigenvalue weighted by Gasteiger charge is 2.51. The van der Waals surface area contributed by atoms with Crippen LogP contribution in [0.15, 0.2) is 25.3 Å². The number of phosphoric acid groups is 1. The molecule has 0 spiro atoms. The Morgan fingerprint density at radius 2 is 1.72 bits per heavy atom. The van der Waals surface area contributed by atoms with Crippen LogP contribution in [0.4, 0.5) is 4.79 Å². The van der Waals surface area contributed by atoms with Gasteiger partial charge in [-0.05, 0) is 12.8 Å². The van der Waals surface area contributed by atoms with Gasteiger partial charge in [0, 0.05) is 20.8 Å². The monoisotopic (exact) mass is 697 g/mol.